The van der Waals surface area contributed by atoms with Gasteiger partial charge in [0.25, 0.3) is 5.91 Å². The molecule has 0 fully saturated rings. The summed E-state index contributed by atoms with van der Waals surface area (Å²) in [6.45, 7) is 0. The van der Waals surface area contributed by atoms with Crippen LogP contribution in [0.15, 0.2) is 47.8 Å². The van der Waals surface area contributed by atoms with Gasteiger partial charge in [-0.05, 0) is 24.3 Å². The Morgan fingerprint density at radius 1 is 1.29 bits per heavy atom. The summed E-state index contributed by atoms with van der Waals surface area (Å²) in [5.74, 6) is -0.579. The summed E-state index contributed by atoms with van der Waals surface area (Å²) in [5.41, 5.74) is 1.30. The van der Waals surface area contributed by atoms with Crippen LogP contribution in [0.25, 0.3) is 11.3 Å². The minimum Gasteiger partial charge on any atom is -0.507 e. The first-order valence-electron chi connectivity index (χ1n) is 6.96. The second-order valence-electron chi connectivity index (χ2n) is 4.89. The molecule has 5 nitrogen and oxygen atoms in total. The largest absolute Gasteiger partial charge is 0.507 e. The smallest absolute Gasteiger partial charge is 0.261 e. The van der Waals surface area contributed by atoms with E-state index in [2.05, 4.69) is 10.3 Å². The van der Waals surface area contributed by atoms with Crippen LogP contribution in [0.3, 0.4) is 0 Å². The topological polar surface area (TPSA) is 71.5 Å². The number of thiazole rings is 1. The van der Waals surface area contributed by atoms with Gasteiger partial charge >= 0.3 is 0 Å². The van der Waals surface area contributed by atoms with Crippen molar-refractivity contribution in [3.05, 3.63) is 59.2 Å². The van der Waals surface area contributed by atoms with E-state index in [4.69, 9.17) is 4.74 Å². The SMILES string of the molecule is COc1ccc(C(=O)Nc2nc(-c3cccc(F)c3)cs2)c(O)c1. The molecule has 0 aliphatic rings. The van der Waals surface area contributed by atoms with Crippen LogP contribution in [-0.2, 0) is 0 Å². The molecule has 24 heavy (non-hydrogen) atoms. The molecule has 1 heterocycles. The van der Waals surface area contributed by atoms with Crippen LogP contribution in [0.1, 0.15) is 10.4 Å². The number of aromatic nitrogens is 1. The van der Waals surface area contributed by atoms with Crippen molar-refractivity contribution in [3.63, 3.8) is 0 Å². The molecule has 0 saturated heterocycles. The van der Waals surface area contributed by atoms with Gasteiger partial charge in [-0.25, -0.2) is 9.37 Å². The first kappa shape index (κ1) is 15.9. The summed E-state index contributed by atoms with van der Waals surface area (Å²) < 4.78 is 18.2. The van der Waals surface area contributed by atoms with Gasteiger partial charge in [-0.1, -0.05) is 12.1 Å². The molecule has 1 amide bonds. The lowest BCUT2D eigenvalue weighted by atomic mass is 10.2. The van der Waals surface area contributed by atoms with E-state index in [0.29, 0.717) is 22.1 Å². The monoisotopic (exact) mass is 344 g/mol. The summed E-state index contributed by atoms with van der Waals surface area (Å²) in [4.78, 5) is 16.5. The third-order valence-corrected chi connectivity index (χ3v) is 4.05. The zero-order valence-corrected chi connectivity index (χ0v) is 13.4. The van der Waals surface area contributed by atoms with Gasteiger partial charge in [-0.3, -0.25) is 10.1 Å². The third kappa shape index (κ3) is 3.36. The van der Waals surface area contributed by atoms with E-state index >= 15 is 0 Å². The molecule has 0 spiro atoms. The Kier molecular flexibility index (Phi) is 4.43. The highest BCUT2D eigenvalue weighted by Crippen LogP contribution is 2.27. The van der Waals surface area contributed by atoms with Crippen molar-refractivity contribution in [1.29, 1.82) is 0 Å². The number of carbonyl (C=O) groups is 1. The first-order chi connectivity index (χ1) is 11.6. The number of phenols is 1. The van der Waals surface area contributed by atoms with Gasteiger partial charge in [0.2, 0.25) is 0 Å². The molecular formula is C17H13FN2O3S. The summed E-state index contributed by atoms with van der Waals surface area (Å²) in [5, 5.41) is 14.6. The zero-order chi connectivity index (χ0) is 17.1. The molecule has 0 aliphatic heterocycles. The van der Waals surface area contributed by atoms with Gasteiger partial charge in [-0.15, -0.1) is 11.3 Å². The number of nitrogens with one attached hydrogen (secondary N) is 1. The average Bonchev–Trinajstić information content (AvgIpc) is 3.03. The number of benzene rings is 2. The van der Waals surface area contributed by atoms with Gasteiger partial charge in [-0.2, -0.15) is 0 Å². The number of amides is 1. The number of methoxy groups -OCH3 is 1. The van der Waals surface area contributed by atoms with E-state index in [1.807, 2.05) is 0 Å². The van der Waals surface area contributed by atoms with Crippen molar-refractivity contribution < 1.29 is 19.0 Å². The second kappa shape index (κ2) is 6.67. The average molecular weight is 344 g/mol. The molecule has 122 valence electrons. The molecule has 0 unspecified atom stereocenters. The van der Waals surface area contributed by atoms with Crippen LogP contribution >= 0.6 is 11.3 Å². The van der Waals surface area contributed by atoms with Crippen molar-refractivity contribution in [2.24, 2.45) is 0 Å². The number of phenolic OH excluding ortho intramolecular Hbond substituents is 1. The molecule has 2 N–H and O–H groups in total. The van der Waals surface area contributed by atoms with E-state index in [9.17, 15) is 14.3 Å². The fraction of sp³-hybridized carbons (Fsp3) is 0.0588. The maximum Gasteiger partial charge on any atom is 0.261 e. The van der Waals surface area contributed by atoms with Crippen LogP contribution in [0.5, 0.6) is 11.5 Å². The Bertz CT molecular complexity index is 895. The van der Waals surface area contributed by atoms with Gasteiger partial charge in [0.15, 0.2) is 5.13 Å². The highest BCUT2D eigenvalue weighted by atomic mass is 32.1. The second-order valence-corrected chi connectivity index (χ2v) is 5.74. The predicted molar refractivity (Wildman–Crippen MR) is 90.1 cm³/mol. The standard InChI is InChI=1S/C17H13FN2O3S/c1-23-12-5-6-13(15(21)8-12)16(22)20-17-19-14(9-24-17)10-3-2-4-11(18)7-10/h2-9,21H,1H3,(H,19,20,22). The molecule has 3 rings (SSSR count). The van der Waals surface area contributed by atoms with Crippen LogP contribution in [0, 0.1) is 5.82 Å². The lowest BCUT2D eigenvalue weighted by molar-refractivity contribution is 0.102. The molecule has 3 aromatic rings. The molecule has 0 atom stereocenters. The van der Waals surface area contributed by atoms with Crippen LogP contribution in [0.2, 0.25) is 0 Å². The van der Waals surface area contributed by atoms with Gasteiger partial charge in [0, 0.05) is 17.0 Å². The predicted octanol–water partition coefficient (Wildman–Crippen LogP) is 3.92. The van der Waals surface area contributed by atoms with Gasteiger partial charge in [0.05, 0.1) is 18.4 Å². The van der Waals surface area contributed by atoms with Crippen LogP contribution < -0.4 is 10.1 Å². The molecule has 1 aromatic heterocycles. The fourth-order valence-electron chi connectivity index (χ4n) is 2.11. The van der Waals surface area contributed by atoms with E-state index in [-0.39, 0.29) is 17.1 Å². The van der Waals surface area contributed by atoms with Crippen molar-refractivity contribution in [1.82, 2.24) is 4.98 Å². The quantitative estimate of drug-likeness (QED) is 0.753. The minimum absolute atomic E-state index is 0.110. The van der Waals surface area contributed by atoms with E-state index in [0.717, 1.165) is 0 Å². The van der Waals surface area contributed by atoms with Crippen molar-refractivity contribution >= 4 is 22.4 Å². The molecule has 0 saturated carbocycles. The maximum absolute atomic E-state index is 13.3. The minimum atomic E-state index is -0.490. The molecule has 0 radical (unpaired) electrons. The van der Waals surface area contributed by atoms with Crippen molar-refractivity contribution in [3.8, 4) is 22.8 Å². The maximum atomic E-state index is 13.3. The van der Waals surface area contributed by atoms with E-state index < -0.39 is 5.91 Å². The Morgan fingerprint density at radius 3 is 2.83 bits per heavy atom. The number of hydrogen-bond donors (Lipinski definition) is 2. The lowest BCUT2D eigenvalue weighted by Crippen LogP contribution is -2.11. The zero-order valence-electron chi connectivity index (χ0n) is 12.6. The summed E-state index contributed by atoms with van der Waals surface area (Å²) in [6, 6.07) is 10.5. The normalized spacial score (nSPS) is 10.4. The Hall–Kier alpha value is -2.93. The van der Waals surface area contributed by atoms with Crippen molar-refractivity contribution in [2.75, 3.05) is 12.4 Å². The first-order valence-corrected chi connectivity index (χ1v) is 7.84. The Labute approximate surface area is 141 Å². The van der Waals surface area contributed by atoms with E-state index in [1.54, 1.807) is 23.6 Å². The summed E-state index contributed by atoms with van der Waals surface area (Å²) in [7, 11) is 1.47. The molecular weight excluding hydrogens is 331 g/mol. The number of halogens is 1. The van der Waals surface area contributed by atoms with Crippen LogP contribution in [0.4, 0.5) is 9.52 Å². The van der Waals surface area contributed by atoms with Crippen molar-refractivity contribution in [2.45, 2.75) is 0 Å². The number of aromatic hydroxyl groups is 1. The number of ether oxygens (including phenoxy) is 1. The Morgan fingerprint density at radius 2 is 2.12 bits per heavy atom. The number of rotatable bonds is 4. The lowest BCUT2D eigenvalue weighted by Gasteiger charge is -2.06. The highest BCUT2D eigenvalue weighted by Gasteiger charge is 2.14. The van der Waals surface area contributed by atoms with E-state index in [1.165, 1.54) is 42.7 Å². The number of anilines is 1. The summed E-state index contributed by atoms with van der Waals surface area (Å²) in [6.07, 6.45) is 0. The molecule has 0 bridgehead atoms. The molecule has 2 aromatic carbocycles. The number of hydrogen-bond acceptors (Lipinski definition) is 5. The van der Waals surface area contributed by atoms with Gasteiger partial charge in [0.1, 0.15) is 17.3 Å². The Balaban J connectivity index is 1.78. The third-order valence-electron chi connectivity index (χ3n) is 3.29. The summed E-state index contributed by atoms with van der Waals surface area (Å²) >= 11 is 1.21. The highest BCUT2D eigenvalue weighted by molar-refractivity contribution is 7.14. The molecule has 7 heteroatoms. The molecule has 0 aliphatic carbocycles. The van der Waals surface area contributed by atoms with Gasteiger partial charge < -0.3 is 9.84 Å². The van der Waals surface area contributed by atoms with Crippen LogP contribution in [-0.4, -0.2) is 23.1 Å². The number of nitrogens with zero attached hydrogens (tertiary/aromatic N) is 1. The fourth-order valence-corrected chi connectivity index (χ4v) is 2.82. The number of carbonyl (C=O) groups excluding carboxylic acids is 1.